The maximum atomic E-state index is 13.0. The molecule has 0 aliphatic rings. The molecule has 1 N–H and O–H groups in total. The molecule has 3 aromatic rings. The van der Waals surface area contributed by atoms with Gasteiger partial charge in [-0.3, -0.25) is 0 Å². The predicted molar refractivity (Wildman–Crippen MR) is 106 cm³/mol. The van der Waals surface area contributed by atoms with E-state index in [0.29, 0.717) is 13.2 Å². The Kier molecular flexibility index (Phi) is 6.10. The lowest BCUT2D eigenvalue weighted by Crippen LogP contribution is -2.04. The van der Waals surface area contributed by atoms with E-state index in [1.54, 1.807) is 12.1 Å². The maximum absolute atomic E-state index is 13.0. The highest BCUT2D eigenvalue weighted by Crippen LogP contribution is 2.25. The van der Waals surface area contributed by atoms with Crippen molar-refractivity contribution < 1.29 is 9.13 Å². The minimum atomic E-state index is -0.244. The summed E-state index contributed by atoms with van der Waals surface area (Å²) in [6, 6.07) is 20.3. The van der Waals surface area contributed by atoms with Crippen LogP contribution in [0.3, 0.4) is 0 Å². The molecule has 0 aliphatic carbocycles. The monoisotopic (exact) mass is 463 g/mol. The molecule has 0 saturated carbocycles. The molecule has 0 aliphatic heterocycles. The van der Waals surface area contributed by atoms with E-state index in [2.05, 4.69) is 37.2 Å². The van der Waals surface area contributed by atoms with Gasteiger partial charge in [0.25, 0.3) is 0 Å². The van der Waals surface area contributed by atoms with E-state index in [-0.39, 0.29) is 5.82 Å². The van der Waals surface area contributed by atoms with E-state index in [9.17, 15) is 4.39 Å². The van der Waals surface area contributed by atoms with E-state index < -0.39 is 0 Å². The summed E-state index contributed by atoms with van der Waals surface area (Å²) in [5, 5.41) is 3.39. The third-order valence-corrected chi connectivity index (χ3v) is 4.68. The van der Waals surface area contributed by atoms with Crippen molar-refractivity contribution in [2.75, 3.05) is 5.32 Å². The van der Waals surface area contributed by atoms with Gasteiger partial charge in [-0.05, 0) is 60.2 Å². The first-order valence-corrected chi connectivity index (χ1v) is 9.34. The minimum Gasteiger partial charge on any atom is -0.489 e. The van der Waals surface area contributed by atoms with Gasteiger partial charge in [-0.25, -0.2) is 4.39 Å². The number of anilines is 1. The molecule has 0 atom stereocenters. The van der Waals surface area contributed by atoms with Crippen LogP contribution in [0, 0.1) is 5.82 Å². The Morgan fingerprint density at radius 2 is 1.52 bits per heavy atom. The van der Waals surface area contributed by atoms with Crippen LogP contribution in [0.4, 0.5) is 10.1 Å². The van der Waals surface area contributed by atoms with Crippen LogP contribution in [0.25, 0.3) is 0 Å². The highest BCUT2D eigenvalue weighted by molar-refractivity contribution is 9.10. The highest BCUT2D eigenvalue weighted by Gasteiger charge is 2.06. The van der Waals surface area contributed by atoms with E-state index in [1.165, 1.54) is 12.1 Å². The van der Waals surface area contributed by atoms with Crippen LogP contribution in [0.5, 0.6) is 5.75 Å². The van der Waals surface area contributed by atoms with Crippen molar-refractivity contribution in [3.63, 3.8) is 0 Å². The molecule has 0 saturated heterocycles. The molecule has 0 unspecified atom stereocenters. The SMILES string of the molecule is Fc1ccc(COc2ccc(Br)cc2CNc2ccc(Br)cc2)cc1. The standard InChI is InChI=1S/C20H16Br2FNO/c21-16-3-8-19(9-4-16)24-12-15-11-17(22)5-10-20(15)25-13-14-1-6-18(23)7-2-14/h1-11,24H,12-13H2. The molecule has 25 heavy (non-hydrogen) atoms. The fraction of sp³-hybridized carbons (Fsp3) is 0.100. The molecule has 0 radical (unpaired) electrons. The average molecular weight is 465 g/mol. The van der Waals surface area contributed by atoms with Crippen molar-refractivity contribution in [3.05, 3.63) is 92.6 Å². The number of halogens is 3. The van der Waals surface area contributed by atoms with Gasteiger partial charge in [-0.1, -0.05) is 44.0 Å². The largest absolute Gasteiger partial charge is 0.489 e. The molecule has 0 heterocycles. The number of rotatable bonds is 6. The summed E-state index contributed by atoms with van der Waals surface area (Å²) in [5.41, 5.74) is 3.00. The van der Waals surface area contributed by atoms with Crippen molar-refractivity contribution in [2.24, 2.45) is 0 Å². The number of benzene rings is 3. The number of hydrogen-bond acceptors (Lipinski definition) is 2. The molecular formula is C20H16Br2FNO. The van der Waals surface area contributed by atoms with Crippen LogP contribution >= 0.6 is 31.9 Å². The molecule has 2 nitrogen and oxygen atoms in total. The van der Waals surface area contributed by atoms with Crippen molar-refractivity contribution in [3.8, 4) is 5.75 Å². The van der Waals surface area contributed by atoms with Crippen LogP contribution in [-0.4, -0.2) is 0 Å². The van der Waals surface area contributed by atoms with E-state index in [0.717, 1.165) is 31.5 Å². The first kappa shape index (κ1) is 18.0. The fourth-order valence-electron chi connectivity index (χ4n) is 2.33. The summed E-state index contributed by atoms with van der Waals surface area (Å²) in [6.45, 7) is 1.03. The molecule has 5 heteroatoms. The van der Waals surface area contributed by atoms with Gasteiger partial charge >= 0.3 is 0 Å². The van der Waals surface area contributed by atoms with Gasteiger partial charge in [0.1, 0.15) is 18.2 Å². The molecule has 0 fully saturated rings. The number of ether oxygens (including phenoxy) is 1. The van der Waals surface area contributed by atoms with Crippen LogP contribution in [0.2, 0.25) is 0 Å². The predicted octanol–water partition coefficient (Wildman–Crippen LogP) is 6.54. The molecular weight excluding hydrogens is 449 g/mol. The molecule has 3 rings (SSSR count). The fourth-order valence-corrected chi connectivity index (χ4v) is 3.01. The Labute approximate surface area is 163 Å². The summed E-state index contributed by atoms with van der Waals surface area (Å²) < 4.78 is 21.0. The first-order valence-electron chi connectivity index (χ1n) is 7.75. The van der Waals surface area contributed by atoms with E-state index in [4.69, 9.17) is 4.74 Å². The number of nitrogens with one attached hydrogen (secondary N) is 1. The lowest BCUT2D eigenvalue weighted by molar-refractivity contribution is 0.303. The summed E-state index contributed by atoms with van der Waals surface area (Å²) in [7, 11) is 0. The molecule has 128 valence electrons. The van der Waals surface area contributed by atoms with Crippen LogP contribution in [0.15, 0.2) is 75.7 Å². The minimum absolute atomic E-state index is 0.244. The second-order valence-corrected chi connectivity index (χ2v) is 7.36. The summed E-state index contributed by atoms with van der Waals surface area (Å²) in [6.07, 6.45) is 0. The summed E-state index contributed by atoms with van der Waals surface area (Å²) in [4.78, 5) is 0. The average Bonchev–Trinajstić information content (AvgIpc) is 2.62. The van der Waals surface area contributed by atoms with Crippen molar-refractivity contribution in [1.82, 2.24) is 0 Å². The van der Waals surface area contributed by atoms with Gasteiger partial charge in [0.15, 0.2) is 0 Å². The topological polar surface area (TPSA) is 21.3 Å². The summed E-state index contributed by atoms with van der Waals surface area (Å²) >= 11 is 6.94. The van der Waals surface area contributed by atoms with Crippen molar-refractivity contribution >= 4 is 37.5 Å². The molecule has 0 amide bonds. The Balaban J connectivity index is 1.69. The second-order valence-electron chi connectivity index (χ2n) is 5.53. The van der Waals surface area contributed by atoms with Crippen LogP contribution < -0.4 is 10.1 Å². The second kappa shape index (κ2) is 8.50. The summed E-state index contributed by atoms with van der Waals surface area (Å²) in [5.74, 6) is 0.559. The zero-order valence-corrected chi connectivity index (χ0v) is 16.5. The van der Waals surface area contributed by atoms with Gasteiger partial charge in [0.2, 0.25) is 0 Å². The number of hydrogen-bond donors (Lipinski definition) is 1. The lowest BCUT2D eigenvalue weighted by Gasteiger charge is -2.14. The normalized spacial score (nSPS) is 10.5. The zero-order valence-electron chi connectivity index (χ0n) is 13.3. The quantitative estimate of drug-likeness (QED) is 0.447. The van der Waals surface area contributed by atoms with Gasteiger partial charge in [0.05, 0.1) is 0 Å². The van der Waals surface area contributed by atoms with Gasteiger partial charge in [-0.15, -0.1) is 0 Å². The Morgan fingerprint density at radius 3 is 2.24 bits per heavy atom. The molecule has 0 bridgehead atoms. The van der Waals surface area contributed by atoms with Crippen LogP contribution in [0.1, 0.15) is 11.1 Å². The maximum Gasteiger partial charge on any atom is 0.124 e. The van der Waals surface area contributed by atoms with E-state index >= 15 is 0 Å². The van der Waals surface area contributed by atoms with Gasteiger partial charge in [0, 0.05) is 26.7 Å². The van der Waals surface area contributed by atoms with Gasteiger partial charge < -0.3 is 10.1 Å². The first-order chi connectivity index (χ1) is 12.1. The Bertz CT molecular complexity index is 835. The molecule has 3 aromatic carbocycles. The third-order valence-electron chi connectivity index (χ3n) is 3.66. The smallest absolute Gasteiger partial charge is 0.124 e. The molecule has 0 spiro atoms. The van der Waals surface area contributed by atoms with Crippen molar-refractivity contribution in [2.45, 2.75) is 13.2 Å². The van der Waals surface area contributed by atoms with E-state index in [1.807, 2.05) is 42.5 Å². The zero-order chi connectivity index (χ0) is 17.6. The third kappa shape index (κ3) is 5.31. The highest BCUT2D eigenvalue weighted by atomic mass is 79.9. The van der Waals surface area contributed by atoms with Gasteiger partial charge in [-0.2, -0.15) is 0 Å². The van der Waals surface area contributed by atoms with Crippen LogP contribution in [-0.2, 0) is 13.2 Å². The van der Waals surface area contributed by atoms with Crippen molar-refractivity contribution in [1.29, 1.82) is 0 Å². The Morgan fingerprint density at radius 1 is 0.840 bits per heavy atom. The molecule has 0 aromatic heterocycles. The Hall–Kier alpha value is -1.85. The lowest BCUT2D eigenvalue weighted by atomic mass is 10.2.